The second kappa shape index (κ2) is 5.48. The highest BCUT2D eigenvalue weighted by molar-refractivity contribution is 5.91. The van der Waals surface area contributed by atoms with Gasteiger partial charge in [0.05, 0.1) is 12.8 Å². The van der Waals surface area contributed by atoms with E-state index >= 15 is 0 Å². The van der Waals surface area contributed by atoms with Crippen LogP contribution >= 0.6 is 0 Å². The standard InChI is InChI=1S/C14H11F2NO2/c1-19-14(18)17-13-5-3-2-4-11(13)10-7-6-9(15)8-12(10)16/h2-8H,1H3,(H,17,18). The first-order valence-corrected chi connectivity index (χ1v) is 5.51. The second-order valence-electron chi connectivity index (χ2n) is 3.79. The van der Waals surface area contributed by atoms with E-state index in [-0.39, 0.29) is 5.56 Å². The number of amides is 1. The number of anilines is 1. The van der Waals surface area contributed by atoms with Crippen LogP contribution < -0.4 is 5.32 Å². The van der Waals surface area contributed by atoms with Crippen LogP contribution in [-0.2, 0) is 4.74 Å². The number of para-hydroxylation sites is 1. The maximum atomic E-state index is 13.8. The summed E-state index contributed by atoms with van der Waals surface area (Å²) in [4.78, 5) is 11.2. The van der Waals surface area contributed by atoms with Gasteiger partial charge in [-0.3, -0.25) is 5.32 Å². The normalized spacial score (nSPS) is 10.1. The van der Waals surface area contributed by atoms with Gasteiger partial charge >= 0.3 is 6.09 Å². The lowest BCUT2D eigenvalue weighted by molar-refractivity contribution is 0.187. The predicted octanol–water partition coefficient (Wildman–Crippen LogP) is 3.81. The summed E-state index contributed by atoms with van der Waals surface area (Å²) in [5.74, 6) is -1.35. The van der Waals surface area contributed by atoms with Crippen molar-refractivity contribution in [2.24, 2.45) is 0 Å². The van der Waals surface area contributed by atoms with Crippen LogP contribution in [-0.4, -0.2) is 13.2 Å². The number of methoxy groups -OCH3 is 1. The molecule has 0 aliphatic heterocycles. The van der Waals surface area contributed by atoms with E-state index in [1.807, 2.05) is 0 Å². The molecule has 0 aliphatic carbocycles. The Morgan fingerprint density at radius 3 is 2.53 bits per heavy atom. The summed E-state index contributed by atoms with van der Waals surface area (Å²) in [7, 11) is 1.23. The van der Waals surface area contributed by atoms with E-state index in [0.717, 1.165) is 12.1 Å². The third-order valence-corrected chi connectivity index (χ3v) is 2.57. The molecule has 0 aromatic heterocycles. The minimum atomic E-state index is -0.695. The fourth-order valence-electron chi connectivity index (χ4n) is 1.70. The Bertz CT molecular complexity index is 614. The Hall–Kier alpha value is -2.43. The molecular formula is C14H11F2NO2. The smallest absolute Gasteiger partial charge is 0.411 e. The number of hydrogen-bond acceptors (Lipinski definition) is 2. The van der Waals surface area contributed by atoms with E-state index in [1.54, 1.807) is 24.3 Å². The zero-order chi connectivity index (χ0) is 13.8. The molecular weight excluding hydrogens is 252 g/mol. The van der Waals surface area contributed by atoms with Crippen molar-refractivity contribution < 1.29 is 18.3 Å². The topological polar surface area (TPSA) is 38.3 Å². The first-order chi connectivity index (χ1) is 9.11. The molecule has 0 fully saturated rings. The van der Waals surface area contributed by atoms with Gasteiger partial charge in [0, 0.05) is 17.2 Å². The average molecular weight is 263 g/mol. The molecule has 0 saturated carbocycles. The molecule has 0 spiro atoms. The van der Waals surface area contributed by atoms with Crippen molar-refractivity contribution in [1.82, 2.24) is 0 Å². The largest absolute Gasteiger partial charge is 0.453 e. The summed E-state index contributed by atoms with van der Waals surface area (Å²) in [6, 6.07) is 9.90. The minimum absolute atomic E-state index is 0.202. The summed E-state index contributed by atoms with van der Waals surface area (Å²) in [6.45, 7) is 0. The molecule has 5 heteroatoms. The van der Waals surface area contributed by atoms with Crippen molar-refractivity contribution in [3.05, 3.63) is 54.1 Å². The van der Waals surface area contributed by atoms with Gasteiger partial charge in [0.25, 0.3) is 0 Å². The Morgan fingerprint density at radius 1 is 1.11 bits per heavy atom. The summed E-state index contributed by atoms with van der Waals surface area (Å²) >= 11 is 0. The molecule has 2 rings (SSSR count). The molecule has 98 valence electrons. The highest BCUT2D eigenvalue weighted by atomic mass is 19.1. The lowest BCUT2D eigenvalue weighted by atomic mass is 10.0. The Balaban J connectivity index is 2.47. The Kier molecular flexibility index (Phi) is 3.75. The lowest BCUT2D eigenvalue weighted by Crippen LogP contribution is -2.11. The van der Waals surface area contributed by atoms with E-state index in [9.17, 15) is 13.6 Å². The van der Waals surface area contributed by atoms with Gasteiger partial charge in [0.2, 0.25) is 0 Å². The van der Waals surface area contributed by atoms with Crippen LogP contribution in [0.15, 0.2) is 42.5 Å². The fraction of sp³-hybridized carbons (Fsp3) is 0.0714. The molecule has 0 aliphatic rings. The van der Waals surface area contributed by atoms with Crippen LogP contribution in [0.25, 0.3) is 11.1 Å². The quantitative estimate of drug-likeness (QED) is 0.894. The zero-order valence-corrected chi connectivity index (χ0v) is 10.1. The molecule has 0 saturated heterocycles. The van der Waals surface area contributed by atoms with Crippen molar-refractivity contribution in [1.29, 1.82) is 0 Å². The van der Waals surface area contributed by atoms with Gasteiger partial charge in [0.15, 0.2) is 0 Å². The Labute approximate surface area is 108 Å². The molecule has 0 radical (unpaired) electrons. The maximum Gasteiger partial charge on any atom is 0.411 e. The number of halogens is 2. The lowest BCUT2D eigenvalue weighted by Gasteiger charge is -2.11. The highest BCUT2D eigenvalue weighted by Gasteiger charge is 2.12. The molecule has 1 N–H and O–H groups in total. The van der Waals surface area contributed by atoms with Gasteiger partial charge in [-0.25, -0.2) is 13.6 Å². The van der Waals surface area contributed by atoms with Crippen LogP contribution in [0.5, 0.6) is 0 Å². The van der Waals surface area contributed by atoms with Crippen molar-refractivity contribution in [3.63, 3.8) is 0 Å². The van der Waals surface area contributed by atoms with Crippen molar-refractivity contribution >= 4 is 11.8 Å². The SMILES string of the molecule is COC(=O)Nc1ccccc1-c1ccc(F)cc1F. The van der Waals surface area contributed by atoms with E-state index in [0.29, 0.717) is 11.3 Å². The molecule has 2 aromatic carbocycles. The number of ether oxygens (including phenoxy) is 1. The van der Waals surface area contributed by atoms with Crippen LogP contribution in [0.1, 0.15) is 0 Å². The zero-order valence-electron chi connectivity index (χ0n) is 10.1. The van der Waals surface area contributed by atoms with E-state index in [2.05, 4.69) is 10.1 Å². The first-order valence-electron chi connectivity index (χ1n) is 5.51. The van der Waals surface area contributed by atoms with Crippen LogP contribution in [0.4, 0.5) is 19.3 Å². The average Bonchev–Trinajstić information content (AvgIpc) is 2.40. The van der Waals surface area contributed by atoms with Gasteiger partial charge in [-0.2, -0.15) is 0 Å². The van der Waals surface area contributed by atoms with Crippen molar-refractivity contribution in [2.75, 3.05) is 12.4 Å². The molecule has 0 unspecified atom stereocenters. The third kappa shape index (κ3) is 2.88. The van der Waals surface area contributed by atoms with Crippen molar-refractivity contribution in [3.8, 4) is 11.1 Å². The fourth-order valence-corrected chi connectivity index (χ4v) is 1.70. The molecule has 0 atom stereocenters. The number of nitrogens with one attached hydrogen (secondary N) is 1. The van der Waals surface area contributed by atoms with Gasteiger partial charge in [-0.15, -0.1) is 0 Å². The highest BCUT2D eigenvalue weighted by Crippen LogP contribution is 2.30. The van der Waals surface area contributed by atoms with Gasteiger partial charge in [0.1, 0.15) is 11.6 Å². The summed E-state index contributed by atoms with van der Waals surface area (Å²) in [5.41, 5.74) is 1.04. The maximum absolute atomic E-state index is 13.8. The molecule has 0 bridgehead atoms. The monoisotopic (exact) mass is 263 g/mol. The van der Waals surface area contributed by atoms with Crippen LogP contribution in [0.3, 0.4) is 0 Å². The number of hydrogen-bond donors (Lipinski definition) is 1. The molecule has 0 heterocycles. The number of carbonyl (C=O) groups excluding carboxylic acids is 1. The summed E-state index contributed by atoms with van der Waals surface area (Å²) in [6.07, 6.45) is -0.657. The van der Waals surface area contributed by atoms with Crippen LogP contribution in [0, 0.1) is 11.6 Å². The van der Waals surface area contributed by atoms with Crippen LogP contribution in [0.2, 0.25) is 0 Å². The van der Waals surface area contributed by atoms with E-state index in [4.69, 9.17) is 0 Å². The summed E-state index contributed by atoms with van der Waals surface area (Å²) < 4.78 is 31.1. The van der Waals surface area contributed by atoms with E-state index in [1.165, 1.54) is 13.2 Å². The van der Waals surface area contributed by atoms with Gasteiger partial charge in [-0.1, -0.05) is 18.2 Å². The van der Waals surface area contributed by atoms with Gasteiger partial charge in [-0.05, 0) is 18.2 Å². The minimum Gasteiger partial charge on any atom is -0.453 e. The number of carbonyl (C=O) groups is 1. The van der Waals surface area contributed by atoms with E-state index < -0.39 is 17.7 Å². The molecule has 3 nitrogen and oxygen atoms in total. The molecule has 2 aromatic rings. The second-order valence-corrected chi connectivity index (χ2v) is 3.79. The summed E-state index contributed by atoms with van der Waals surface area (Å²) in [5, 5.41) is 2.48. The first kappa shape index (κ1) is 13.0. The number of benzene rings is 2. The van der Waals surface area contributed by atoms with Crippen molar-refractivity contribution in [2.45, 2.75) is 0 Å². The third-order valence-electron chi connectivity index (χ3n) is 2.57. The molecule has 19 heavy (non-hydrogen) atoms. The van der Waals surface area contributed by atoms with Gasteiger partial charge < -0.3 is 4.74 Å². The number of rotatable bonds is 2. The predicted molar refractivity (Wildman–Crippen MR) is 67.8 cm³/mol. The molecule has 1 amide bonds. The Morgan fingerprint density at radius 2 is 1.84 bits per heavy atom.